The van der Waals surface area contributed by atoms with Crippen molar-refractivity contribution in [3.05, 3.63) is 124 Å². The molecule has 0 bridgehead atoms. The van der Waals surface area contributed by atoms with Crippen LogP contribution in [-0.2, 0) is 20.9 Å². The highest BCUT2D eigenvalue weighted by Crippen LogP contribution is 2.49. The molecular formula is C45H49N5O5. The van der Waals surface area contributed by atoms with Gasteiger partial charge < -0.3 is 24.5 Å². The molecule has 5 aliphatic heterocycles. The number of hydrogen-bond acceptors (Lipinski definition) is 8. The lowest BCUT2D eigenvalue weighted by molar-refractivity contribution is -0.136. The summed E-state index contributed by atoms with van der Waals surface area (Å²) in [4.78, 5) is 46.4. The van der Waals surface area contributed by atoms with Gasteiger partial charge in [0.25, 0.3) is 5.91 Å². The molecule has 10 heteroatoms. The number of fused-ring (bicyclic) bond motifs is 2. The summed E-state index contributed by atoms with van der Waals surface area (Å²) in [5, 5.41) is 12.7. The van der Waals surface area contributed by atoms with Crippen molar-refractivity contribution in [3.63, 3.8) is 0 Å². The molecule has 0 spiro atoms. The number of ether oxygens (including phenoxy) is 1. The molecule has 0 aliphatic carbocycles. The van der Waals surface area contributed by atoms with Crippen molar-refractivity contribution >= 4 is 29.1 Å². The van der Waals surface area contributed by atoms with Gasteiger partial charge in [0.1, 0.15) is 11.8 Å². The van der Waals surface area contributed by atoms with Crippen molar-refractivity contribution < 1.29 is 24.2 Å². The van der Waals surface area contributed by atoms with Crippen molar-refractivity contribution in [2.45, 2.75) is 63.3 Å². The van der Waals surface area contributed by atoms with Crippen LogP contribution in [0.2, 0.25) is 0 Å². The van der Waals surface area contributed by atoms with E-state index < -0.39 is 6.04 Å². The lowest BCUT2D eigenvalue weighted by Crippen LogP contribution is -2.52. The van der Waals surface area contributed by atoms with E-state index in [-0.39, 0.29) is 48.0 Å². The maximum absolute atomic E-state index is 13.2. The SMILES string of the molecule is C[C@@H]1O[C@@H](c2ccccc2)[C@@H](c2ccc(N3CCC(CN4CCN(c5ccc6c(c5)CN([C@H]5CCC(=O)NC5=O)C6=O)CC4)CC3)cc2)c2ccc(O)cc21. The van der Waals surface area contributed by atoms with Crippen molar-refractivity contribution in [1.29, 1.82) is 0 Å². The molecule has 3 saturated heterocycles. The highest BCUT2D eigenvalue weighted by molar-refractivity contribution is 6.05. The molecule has 9 rings (SSSR count). The van der Waals surface area contributed by atoms with E-state index in [1.165, 1.54) is 29.7 Å². The number of imide groups is 1. The first-order chi connectivity index (χ1) is 26.8. The number of carbonyl (C=O) groups is 3. The summed E-state index contributed by atoms with van der Waals surface area (Å²) in [5.41, 5.74) is 8.64. The number of benzene rings is 4. The highest BCUT2D eigenvalue weighted by Gasteiger charge is 2.40. The number of anilines is 2. The maximum Gasteiger partial charge on any atom is 0.255 e. The molecular weight excluding hydrogens is 691 g/mol. The molecule has 4 aromatic carbocycles. The number of aromatic hydroxyl groups is 1. The molecule has 3 amide bonds. The highest BCUT2D eigenvalue weighted by atomic mass is 16.5. The summed E-state index contributed by atoms with van der Waals surface area (Å²) in [6, 6.07) is 30.8. The van der Waals surface area contributed by atoms with E-state index in [0.717, 1.165) is 68.2 Å². The topological polar surface area (TPSA) is 106 Å². The molecule has 5 aliphatic rings. The molecule has 2 N–H and O–H groups in total. The molecule has 0 aromatic heterocycles. The number of piperazine rings is 1. The molecule has 4 atom stereocenters. The molecule has 5 heterocycles. The molecule has 10 nitrogen and oxygen atoms in total. The molecule has 0 saturated carbocycles. The predicted octanol–water partition coefficient (Wildman–Crippen LogP) is 6.16. The predicted molar refractivity (Wildman–Crippen MR) is 211 cm³/mol. The van der Waals surface area contributed by atoms with Gasteiger partial charge >= 0.3 is 0 Å². The van der Waals surface area contributed by atoms with Crippen LogP contribution in [0.5, 0.6) is 5.75 Å². The van der Waals surface area contributed by atoms with Gasteiger partial charge in [-0.05, 0) is 102 Å². The summed E-state index contributed by atoms with van der Waals surface area (Å²) < 4.78 is 6.66. The van der Waals surface area contributed by atoms with Gasteiger partial charge in [0.05, 0.1) is 12.2 Å². The third-order valence-corrected chi connectivity index (χ3v) is 12.6. The minimum absolute atomic E-state index is 0.0247. The van der Waals surface area contributed by atoms with Gasteiger partial charge in [-0.15, -0.1) is 0 Å². The Balaban J connectivity index is 0.786. The van der Waals surface area contributed by atoms with E-state index in [1.807, 2.05) is 24.3 Å². The molecule has 3 fully saturated rings. The van der Waals surface area contributed by atoms with E-state index in [1.54, 1.807) is 11.0 Å². The number of phenols is 1. The Morgan fingerprint density at radius 2 is 1.47 bits per heavy atom. The number of nitrogens with one attached hydrogen (secondary N) is 1. The van der Waals surface area contributed by atoms with E-state index >= 15 is 0 Å². The van der Waals surface area contributed by atoms with Crippen LogP contribution in [0.4, 0.5) is 11.4 Å². The molecule has 0 radical (unpaired) electrons. The zero-order chi connectivity index (χ0) is 37.6. The van der Waals surface area contributed by atoms with Crippen molar-refractivity contribution in [2.24, 2.45) is 5.92 Å². The van der Waals surface area contributed by atoms with Gasteiger partial charge in [-0.3, -0.25) is 24.6 Å². The lowest BCUT2D eigenvalue weighted by atomic mass is 9.78. The van der Waals surface area contributed by atoms with Gasteiger partial charge in [-0.2, -0.15) is 0 Å². The van der Waals surface area contributed by atoms with Gasteiger partial charge in [0.2, 0.25) is 11.8 Å². The summed E-state index contributed by atoms with van der Waals surface area (Å²) >= 11 is 0. The Morgan fingerprint density at radius 3 is 2.22 bits per heavy atom. The fourth-order valence-electron chi connectivity index (χ4n) is 9.58. The van der Waals surface area contributed by atoms with E-state index in [0.29, 0.717) is 24.4 Å². The standard InChI is InChI=1S/C45H49N5O5/c1-29-39-26-36(51)12-14-38(39)42(43(55-29)32-5-3-2-4-6-32)31-7-9-34(10-8-31)48-19-17-30(18-20-48)27-47-21-23-49(24-22-47)35-11-13-37-33(25-35)28-50(45(37)54)40-15-16-41(52)46-44(40)53/h2-14,25-26,29-30,40,42-43,51H,15-24,27-28H2,1H3,(H,46,52,53)/t29-,40-,42-,43-/m0/s1. The minimum atomic E-state index is -0.590. The quantitative estimate of drug-likeness (QED) is 0.218. The smallest absolute Gasteiger partial charge is 0.255 e. The van der Waals surface area contributed by atoms with Crippen LogP contribution in [-0.4, -0.2) is 84.5 Å². The number of rotatable bonds is 7. The fraction of sp³-hybridized carbons (Fsp3) is 0.400. The van der Waals surface area contributed by atoms with Crippen molar-refractivity contribution in [3.8, 4) is 5.75 Å². The maximum atomic E-state index is 13.2. The second-order valence-electron chi connectivity index (χ2n) is 16.0. The second kappa shape index (κ2) is 14.8. The van der Waals surface area contributed by atoms with Crippen LogP contribution in [0, 0.1) is 5.92 Å². The Bertz CT molecular complexity index is 2070. The van der Waals surface area contributed by atoms with Crippen molar-refractivity contribution in [1.82, 2.24) is 15.1 Å². The molecule has 284 valence electrons. The third kappa shape index (κ3) is 6.98. The first-order valence-corrected chi connectivity index (χ1v) is 19.9. The molecule has 55 heavy (non-hydrogen) atoms. The Kier molecular flexibility index (Phi) is 9.56. The number of amides is 3. The van der Waals surface area contributed by atoms with Gasteiger partial charge in [-0.1, -0.05) is 48.5 Å². The summed E-state index contributed by atoms with van der Waals surface area (Å²) in [6.45, 7) is 9.59. The average Bonchev–Trinajstić information content (AvgIpc) is 3.53. The summed E-state index contributed by atoms with van der Waals surface area (Å²) in [5.74, 6) is 0.196. The van der Waals surface area contributed by atoms with Crippen LogP contribution in [0.25, 0.3) is 0 Å². The average molecular weight is 740 g/mol. The number of nitrogens with zero attached hydrogens (tertiary/aromatic N) is 4. The molecule has 0 unspecified atom stereocenters. The van der Waals surface area contributed by atoms with E-state index in [9.17, 15) is 19.5 Å². The zero-order valence-corrected chi connectivity index (χ0v) is 31.4. The van der Waals surface area contributed by atoms with Crippen LogP contribution < -0.4 is 15.1 Å². The van der Waals surface area contributed by atoms with Crippen LogP contribution >= 0.6 is 0 Å². The van der Waals surface area contributed by atoms with Gasteiger partial charge in [0, 0.05) is 81.6 Å². The van der Waals surface area contributed by atoms with Crippen LogP contribution in [0.15, 0.2) is 91.0 Å². The number of phenolic OH excluding ortho intramolecular Hbond substituents is 1. The number of carbonyl (C=O) groups excluding carboxylic acids is 3. The third-order valence-electron chi connectivity index (χ3n) is 12.6. The normalized spacial score (nSPS) is 24.8. The second-order valence-corrected chi connectivity index (χ2v) is 16.0. The van der Waals surface area contributed by atoms with E-state index in [4.69, 9.17) is 4.74 Å². The van der Waals surface area contributed by atoms with Crippen molar-refractivity contribution in [2.75, 3.05) is 55.6 Å². The zero-order valence-electron chi connectivity index (χ0n) is 31.4. The molecule has 4 aromatic rings. The monoisotopic (exact) mass is 739 g/mol. The number of piperidine rings is 2. The minimum Gasteiger partial charge on any atom is -0.508 e. The largest absolute Gasteiger partial charge is 0.508 e. The summed E-state index contributed by atoms with van der Waals surface area (Å²) in [7, 11) is 0. The Hall–Kier alpha value is -5.19. The van der Waals surface area contributed by atoms with Gasteiger partial charge in [-0.25, -0.2) is 0 Å². The summed E-state index contributed by atoms with van der Waals surface area (Å²) in [6.07, 6.45) is 2.75. The lowest BCUT2D eigenvalue weighted by Gasteiger charge is -2.40. The first-order valence-electron chi connectivity index (χ1n) is 19.9. The van der Waals surface area contributed by atoms with E-state index in [2.05, 4.69) is 87.6 Å². The van der Waals surface area contributed by atoms with Crippen LogP contribution in [0.1, 0.15) is 88.9 Å². The Morgan fingerprint density at radius 1 is 0.745 bits per heavy atom. The fourth-order valence-corrected chi connectivity index (χ4v) is 9.58. The number of hydrogen-bond donors (Lipinski definition) is 2. The first kappa shape index (κ1) is 35.5. The van der Waals surface area contributed by atoms with Crippen LogP contribution in [0.3, 0.4) is 0 Å². The van der Waals surface area contributed by atoms with Gasteiger partial charge in [0.15, 0.2) is 0 Å². The Labute approximate surface area is 322 Å².